The summed E-state index contributed by atoms with van der Waals surface area (Å²) in [4.78, 5) is 24.8. The third-order valence-corrected chi connectivity index (χ3v) is 6.76. The lowest BCUT2D eigenvalue weighted by molar-refractivity contribution is -0.145. The molecule has 1 amide bonds. The number of hydrogen-bond donors (Lipinski definition) is 1. The second-order valence-electron chi connectivity index (χ2n) is 6.07. The highest BCUT2D eigenvalue weighted by molar-refractivity contribution is 9.09. The largest absolute Gasteiger partial charge is 0.461 e. The molecule has 6 atom stereocenters. The molecule has 116 valence electrons. The van der Waals surface area contributed by atoms with E-state index in [1.54, 1.807) is 18.2 Å². The highest BCUT2D eigenvalue weighted by Crippen LogP contribution is 2.60. The highest BCUT2D eigenvalue weighted by atomic mass is 79.9. The normalized spacial score (nSPS) is 38.2. The van der Waals surface area contributed by atoms with E-state index < -0.39 is 0 Å². The zero-order valence-corrected chi connectivity index (χ0v) is 14.4. The molecular weight excluding hydrogens is 393 g/mol. The molecule has 1 aromatic carbocycles. The fourth-order valence-corrected chi connectivity index (χ4v) is 5.64. The number of rotatable bonds is 2. The average Bonchev–Trinajstić information content (AvgIpc) is 3.06. The lowest BCUT2D eigenvalue weighted by Crippen LogP contribution is -2.40. The van der Waals surface area contributed by atoms with E-state index in [9.17, 15) is 9.59 Å². The molecule has 0 aromatic heterocycles. The Morgan fingerprint density at radius 1 is 1.32 bits per heavy atom. The van der Waals surface area contributed by atoms with Gasteiger partial charge in [0.15, 0.2) is 0 Å². The number of nitrogens with one attached hydrogen (secondary N) is 1. The summed E-state index contributed by atoms with van der Waals surface area (Å²) in [6.45, 7) is 0. The van der Waals surface area contributed by atoms with Crippen molar-refractivity contribution in [2.45, 2.75) is 17.4 Å². The van der Waals surface area contributed by atoms with Crippen molar-refractivity contribution in [1.29, 1.82) is 0 Å². The van der Waals surface area contributed by atoms with Gasteiger partial charge < -0.3 is 10.1 Å². The molecule has 3 fully saturated rings. The van der Waals surface area contributed by atoms with E-state index in [-0.39, 0.29) is 46.5 Å². The Labute approximate surface area is 145 Å². The van der Waals surface area contributed by atoms with Crippen LogP contribution in [0.1, 0.15) is 6.42 Å². The Bertz CT molecular complexity index is 683. The van der Waals surface area contributed by atoms with Crippen LogP contribution >= 0.6 is 39.1 Å². The molecule has 0 radical (unpaired) electrons. The van der Waals surface area contributed by atoms with Gasteiger partial charge in [0.2, 0.25) is 5.91 Å². The van der Waals surface area contributed by atoms with E-state index in [1.165, 1.54) is 0 Å². The average molecular weight is 405 g/mol. The summed E-state index contributed by atoms with van der Waals surface area (Å²) >= 11 is 15.5. The predicted octanol–water partition coefficient (Wildman–Crippen LogP) is 3.50. The number of carbonyl (C=O) groups excluding carboxylic acids is 2. The zero-order chi connectivity index (χ0) is 15.6. The third kappa shape index (κ3) is 2.02. The Kier molecular flexibility index (Phi) is 3.44. The maximum absolute atomic E-state index is 12.7. The molecule has 1 saturated heterocycles. The van der Waals surface area contributed by atoms with E-state index in [0.29, 0.717) is 15.7 Å². The first kappa shape index (κ1) is 14.8. The molecule has 1 aliphatic heterocycles. The van der Waals surface area contributed by atoms with Crippen molar-refractivity contribution in [3.8, 4) is 0 Å². The second kappa shape index (κ2) is 5.11. The summed E-state index contributed by atoms with van der Waals surface area (Å²) in [5, 5.41) is 3.72. The van der Waals surface area contributed by atoms with E-state index in [0.717, 1.165) is 6.42 Å². The number of ether oxygens (including phenoxy) is 1. The standard InChI is InChI=1S/C15H12BrCl2NO3/c16-12-6-4-7-11(15(21)22-13(7)12)10(6)14(20)19-9-2-1-5(17)3-8(9)18/h1-3,6-7,10-13H,4H2,(H,19,20)/t6-,7-,10-,11-,12-,13+/m1/s1. The Morgan fingerprint density at radius 2 is 2.09 bits per heavy atom. The maximum Gasteiger partial charge on any atom is 0.310 e. The first-order valence-corrected chi connectivity index (χ1v) is 8.75. The van der Waals surface area contributed by atoms with E-state index in [4.69, 9.17) is 27.9 Å². The Balaban J connectivity index is 1.59. The number of benzene rings is 1. The molecule has 4 rings (SSSR count). The summed E-state index contributed by atoms with van der Waals surface area (Å²) in [6, 6.07) is 4.90. The first-order valence-electron chi connectivity index (χ1n) is 7.08. The van der Waals surface area contributed by atoms with Crippen molar-refractivity contribution >= 4 is 56.7 Å². The van der Waals surface area contributed by atoms with Gasteiger partial charge in [-0.15, -0.1) is 0 Å². The van der Waals surface area contributed by atoms with Crippen LogP contribution in [0.2, 0.25) is 10.0 Å². The van der Waals surface area contributed by atoms with Gasteiger partial charge >= 0.3 is 5.97 Å². The van der Waals surface area contributed by atoms with Crippen LogP contribution in [0.4, 0.5) is 5.69 Å². The first-order chi connectivity index (χ1) is 10.5. The lowest BCUT2D eigenvalue weighted by Gasteiger charge is -2.27. The maximum atomic E-state index is 12.7. The number of fused-ring (bicyclic) bond motifs is 1. The van der Waals surface area contributed by atoms with Crippen molar-refractivity contribution in [2.24, 2.45) is 23.7 Å². The van der Waals surface area contributed by atoms with Gasteiger partial charge in [0.25, 0.3) is 0 Å². The molecule has 2 saturated carbocycles. The summed E-state index contributed by atoms with van der Waals surface area (Å²) in [6.07, 6.45) is 0.773. The van der Waals surface area contributed by atoms with Crippen LogP contribution < -0.4 is 5.32 Å². The van der Waals surface area contributed by atoms with Crippen molar-refractivity contribution in [1.82, 2.24) is 0 Å². The zero-order valence-electron chi connectivity index (χ0n) is 11.3. The number of alkyl halides is 1. The van der Waals surface area contributed by atoms with Crippen molar-refractivity contribution in [3.05, 3.63) is 28.2 Å². The molecule has 1 heterocycles. The van der Waals surface area contributed by atoms with Gasteiger partial charge in [-0.3, -0.25) is 9.59 Å². The quantitative estimate of drug-likeness (QED) is 0.606. The topological polar surface area (TPSA) is 55.4 Å². The molecule has 7 heteroatoms. The Hall–Kier alpha value is -0.780. The minimum absolute atomic E-state index is 0.0524. The minimum Gasteiger partial charge on any atom is -0.461 e. The smallest absolute Gasteiger partial charge is 0.310 e. The number of halogens is 3. The summed E-state index contributed by atoms with van der Waals surface area (Å²) in [5.74, 6) is -0.844. The van der Waals surface area contributed by atoms with Crippen molar-refractivity contribution in [3.63, 3.8) is 0 Å². The number of anilines is 1. The number of esters is 1. The van der Waals surface area contributed by atoms with Crippen molar-refractivity contribution < 1.29 is 14.3 Å². The number of amides is 1. The molecular formula is C15H12BrCl2NO3. The van der Waals surface area contributed by atoms with E-state index in [2.05, 4.69) is 21.2 Å². The fourth-order valence-electron chi connectivity index (χ4n) is 4.14. The molecule has 3 aliphatic rings. The van der Waals surface area contributed by atoms with Gasteiger partial charge in [-0.1, -0.05) is 39.1 Å². The summed E-state index contributed by atoms with van der Waals surface area (Å²) in [5.41, 5.74) is 0.507. The van der Waals surface area contributed by atoms with E-state index in [1.807, 2.05) is 0 Å². The van der Waals surface area contributed by atoms with Crippen molar-refractivity contribution in [2.75, 3.05) is 5.32 Å². The lowest BCUT2D eigenvalue weighted by atomic mass is 9.79. The number of hydrogen-bond acceptors (Lipinski definition) is 3. The van der Waals surface area contributed by atoms with Crippen LogP contribution in [0.15, 0.2) is 18.2 Å². The molecule has 0 spiro atoms. The second-order valence-corrected chi connectivity index (χ2v) is 7.98. The minimum atomic E-state index is -0.368. The van der Waals surface area contributed by atoms with Crippen LogP contribution in [-0.2, 0) is 14.3 Å². The molecule has 1 aromatic rings. The number of carbonyl (C=O) groups is 2. The molecule has 22 heavy (non-hydrogen) atoms. The third-order valence-electron chi connectivity index (χ3n) is 5.01. The monoisotopic (exact) mass is 403 g/mol. The van der Waals surface area contributed by atoms with E-state index >= 15 is 0 Å². The van der Waals surface area contributed by atoms with Gasteiger partial charge in [-0.05, 0) is 30.5 Å². The van der Waals surface area contributed by atoms with Crippen LogP contribution in [0.25, 0.3) is 0 Å². The van der Waals surface area contributed by atoms with Gasteiger partial charge in [-0.25, -0.2) is 0 Å². The van der Waals surface area contributed by atoms with Gasteiger partial charge in [0.05, 0.1) is 27.4 Å². The molecule has 0 unspecified atom stereocenters. The van der Waals surface area contributed by atoms with Crippen LogP contribution in [0, 0.1) is 23.7 Å². The molecule has 2 bridgehead atoms. The predicted molar refractivity (Wildman–Crippen MR) is 86.3 cm³/mol. The molecule has 1 N–H and O–H groups in total. The Morgan fingerprint density at radius 3 is 2.82 bits per heavy atom. The van der Waals surface area contributed by atoms with Gasteiger partial charge in [0.1, 0.15) is 6.10 Å². The summed E-state index contributed by atoms with van der Waals surface area (Å²) < 4.78 is 5.41. The van der Waals surface area contributed by atoms with Gasteiger partial charge in [-0.2, -0.15) is 0 Å². The summed E-state index contributed by atoms with van der Waals surface area (Å²) in [7, 11) is 0. The highest BCUT2D eigenvalue weighted by Gasteiger charge is 2.67. The van der Waals surface area contributed by atoms with Crippen LogP contribution in [-0.4, -0.2) is 22.8 Å². The molecule has 2 aliphatic carbocycles. The van der Waals surface area contributed by atoms with Gasteiger partial charge in [0, 0.05) is 10.9 Å². The van der Waals surface area contributed by atoms with Crippen LogP contribution in [0.5, 0.6) is 0 Å². The molecule has 4 nitrogen and oxygen atoms in total. The SMILES string of the molecule is O=C(Nc1ccc(Cl)cc1Cl)[C@@H]1[C@H]2C[C@H]3[C@H](OC(=O)[C@H]31)[C@@H]2Br. The van der Waals surface area contributed by atoms with Crippen LogP contribution in [0.3, 0.4) is 0 Å². The fraction of sp³-hybridized carbons (Fsp3) is 0.467.